The third-order valence-corrected chi connectivity index (χ3v) is 6.47. The molecule has 0 aliphatic carbocycles. The lowest BCUT2D eigenvalue weighted by Gasteiger charge is -2.14. The van der Waals surface area contributed by atoms with Gasteiger partial charge in [-0.2, -0.15) is 20.5 Å². The Bertz CT molecular complexity index is 1000. The van der Waals surface area contributed by atoms with E-state index >= 15 is 0 Å². The van der Waals surface area contributed by atoms with Crippen molar-refractivity contribution in [3.63, 3.8) is 0 Å². The maximum absolute atomic E-state index is 12.5. The van der Waals surface area contributed by atoms with Crippen LogP contribution < -0.4 is 4.52 Å². The number of rotatable bonds is 7. The summed E-state index contributed by atoms with van der Waals surface area (Å²) in [6.45, 7) is 0. The predicted octanol–water partition coefficient (Wildman–Crippen LogP) is 6.82. The van der Waals surface area contributed by atoms with Gasteiger partial charge in [0.15, 0.2) is 0 Å². The SMILES string of the molecule is O=P(O)(Oc1ccc(CSCc2ccc3ccccc3c2)cc1Br)C(F)F. The summed E-state index contributed by atoms with van der Waals surface area (Å²) in [6, 6.07) is 19.4. The summed E-state index contributed by atoms with van der Waals surface area (Å²) < 4.78 is 41.2. The fourth-order valence-corrected chi connectivity index (χ4v) is 4.59. The molecule has 1 unspecified atom stereocenters. The first-order chi connectivity index (χ1) is 12.8. The van der Waals surface area contributed by atoms with Crippen LogP contribution in [0.3, 0.4) is 0 Å². The van der Waals surface area contributed by atoms with Gasteiger partial charge in [-0.05, 0) is 50.0 Å². The number of hydrogen-bond donors (Lipinski definition) is 1. The van der Waals surface area contributed by atoms with Crippen molar-refractivity contribution < 1.29 is 22.8 Å². The molecule has 1 N–H and O–H groups in total. The monoisotopic (exact) mass is 472 g/mol. The van der Waals surface area contributed by atoms with Crippen molar-refractivity contribution >= 4 is 46.1 Å². The topological polar surface area (TPSA) is 46.5 Å². The van der Waals surface area contributed by atoms with E-state index in [0.29, 0.717) is 10.2 Å². The summed E-state index contributed by atoms with van der Waals surface area (Å²) in [5, 5.41) is 2.41. The number of alkyl halides is 2. The zero-order chi connectivity index (χ0) is 19.4. The second kappa shape index (κ2) is 8.74. The average Bonchev–Trinajstić information content (AvgIpc) is 2.63. The highest BCUT2D eigenvalue weighted by Gasteiger charge is 2.34. The molecule has 0 bridgehead atoms. The van der Waals surface area contributed by atoms with E-state index in [1.54, 1.807) is 23.9 Å². The summed E-state index contributed by atoms with van der Waals surface area (Å²) in [5.41, 5.74) is 2.17. The Hall–Kier alpha value is -1.40. The highest BCUT2D eigenvalue weighted by Crippen LogP contribution is 2.50. The van der Waals surface area contributed by atoms with Crippen LogP contribution in [0.2, 0.25) is 0 Å². The second-order valence-electron chi connectivity index (χ2n) is 5.87. The number of benzene rings is 3. The molecule has 142 valence electrons. The van der Waals surface area contributed by atoms with Crippen LogP contribution in [-0.4, -0.2) is 11.1 Å². The Kier molecular flexibility index (Phi) is 6.58. The van der Waals surface area contributed by atoms with Crippen molar-refractivity contribution in [2.75, 3.05) is 0 Å². The van der Waals surface area contributed by atoms with Gasteiger partial charge in [-0.25, -0.2) is 4.57 Å². The lowest BCUT2D eigenvalue weighted by molar-refractivity contribution is 0.188. The van der Waals surface area contributed by atoms with Gasteiger partial charge in [0.05, 0.1) is 4.47 Å². The maximum Gasteiger partial charge on any atom is 0.442 e. The molecule has 0 spiro atoms. The first-order valence-electron chi connectivity index (χ1n) is 7.99. The Morgan fingerprint density at radius 1 is 1.00 bits per heavy atom. The van der Waals surface area contributed by atoms with Crippen molar-refractivity contribution in [1.29, 1.82) is 0 Å². The van der Waals surface area contributed by atoms with Crippen molar-refractivity contribution in [2.24, 2.45) is 0 Å². The number of hydrogen-bond acceptors (Lipinski definition) is 3. The molecule has 0 aliphatic rings. The standard InChI is InChI=1S/C19H16BrF2O3PS/c20-17-10-14(6-8-18(17)25-26(23,24)19(21)22)12-27-11-13-5-7-15-3-1-2-4-16(15)9-13/h1-10,19H,11-12H2,(H,23,24). The molecule has 0 radical (unpaired) electrons. The molecule has 0 saturated carbocycles. The third-order valence-electron chi connectivity index (χ3n) is 3.82. The quantitative estimate of drug-likeness (QED) is 0.383. The van der Waals surface area contributed by atoms with E-state index in [1.807, 2.05) is 12.1 Å². The number of halogens is 3. The van der Waals surface area contributed by atoms with E-state index in [9.17, 15) is 13.3 Å². The molecule has 1 atom stereocenters. The summed E-state index contributed by atoms with van der Waals surface area (Å²) in [5.74, 6) is 1.46. The molecular weight excluding hydrogens is 457 g/mol. The van der Waals surface area contributed by atoms with Crippen LogP contribution in [0.4, 0.5) is 8.78 Å². The Morgan fingerprint density at radius 3 is 2.30 bits per heavy atom. The fraction of sp³-hybridized carbons (Fsp3) is 0.158. The summed E-state index contributed by atoms with van der Waals surface area (Å²) in [6.07, 6.45) is -3.44. The van der Waals surface area contributed by atoms with Crippen LogP contribution in [0.1, 0.15) is 11.1 Å². The van der Waals surface area contributed by atoms with Crippen LogP contribution in [0.15, 0.2) is 65.1 Å². The summed E-state index contributed by atoms with van der Waals surface area (Å²) in [4.78, 5) is 9.14. The van der Waals surface area contributed by atoms with E-state index in [-0.39, 0.29) is 5.75 Å². The molecule has 0 aromatic heterocycles. The van der Waals surface area contributed by atoms with Crippen LogP contribution in [0.25, 0.3) is 10.8 Å². The number of thioether (sulfide) groups is 1. The average molecular weight is 473 g/mol. The Balaban J connectivity index is 1.61. The summed E-state index contributed by atoms with van der Waals surface area (Å²) >= 11 is 4.92. The first-order valence-corrected chi connectivity index (χ1v) is 11.6. The molecule has 3 aromatic rings. The van der Waals surface area contributed by atoms with E-state index in [2.05, 4.69) is 50.8 Å². The molecule has 0 fully saturated rings. The highest BCUT2D eigenvalue weighted by molar-refractivity contribution is 9.10. The van der Waals surface area contributed by atoms with Crippen LogP contribution >= 0.6 is 35.3 Å². The molecular formula is C19H16BrF2O3PS. The van der Waals surface area contributed by atoms with Gasteiger partial charge in [0.25, 0.3) is 0 Å². The fourth-order valence-electron chi connectivity index (χ4n) is 2.50. The zero-order valence-electron chi connectivity index (χ0n) is 14.0. The smallest absolute Gasteiger partial charge is 0.420 e. The first kappa shape index (κ1) is 20.3. The van der Waals surface area contributed by atoms with Gasteiger partial charge in [-0.3, -0.25) is 0 Å². The molecule has 0 saturated heterocycles. The third kappa shape index (κ3) is 5.32. The minimum Gasteiger partial charge on any atom is -0.420 e. The number of fused-ring (bicyclic) bond motifs is 1. The minimum absolute atomic E-state index is 0.0792. The molecule has 0 aliphatic heterocycles. The lowest BCUT2D eigenvalue weighted by Crippen LogP contribution is -2.01. The molecule has 0 amide bonds. The molecule has 8 heteroatoms. The van der Waals surface area contributed by atoms with Crippen LogP contribution in [0.5, 0.6) is 5.75 Å². The van der Waals surface area contributed by atoms with E-state index in [4.69, 9.17) is 4.89 Å². The molecule has 3 aromatic carbocycles. The molecule has 3 nitrogen and oxygen atoms in total. The lowest BCUT2D eigenvalue weighted by atomic mass is 10.1. The highest BCUT2D eigenvalue weighted by atomic mass is 79.9. The molecule has 0 heterocycles. The zero-order valence-corrected chi connectivity index (χ0v) is 17.3. The van der Waals surface area contributed by atoms with Crippen LogP contribution in [0, 0.1) is 0 Å². The van der Waals surface area contributed by atoms with Gasteiger partial charge in [0.1, 0.15) is 5.75 Å². The van der Waals surface area contributed by atoms with Gasteiger partial charge in [0, 0.05) is 11.5 Å². The predicted molar refractivity (Wildman–Crippen MR) is 110 cm³/mol. The van der Waals surface area contributed by atoms with Crippen molar-refractivity contribution in [3.8, 4) is 5.75 Å². The summed E-state index contributed by atoms with van der Waals surface area (Å²) in [7, 11) is -4.98. The van der Waals surface area contributed by atoms with Crippen molar-refractivity contribution in [2.45, 2.75) is 17.7 Å². The van der Waals surface area contributed by atoms with Gasteiger partial charge in [-0.1, -0.05) is 48.5 Å². The van der Waals surface area contributed by atoms with E-state index in [0.717, 1.165) is 11.3 Å². The van der Waals surface area contributed by atoms with Gasteiger partial charge < -0.3 is 9.42 Å². The van der Waals surface area contributed by atoms with Crippen molar-refractivity contribution in [1.82, 2.24) is 0 Å². The Morgan fingerprint density at radius 2 is 1.63 bits per heavy atom. The molecule has 3 rings (SSSR count). The normalized spacial score (nSPS) is 13.7. The Labute approximate surface area is 168 Å². The minimum atomic E-state index is -4.98. The molecule has 27 heavy (non-hydrogen) atoms. The van der Waals surface area contributed by atoms with Gasteiger partial charge in [-0.15, -0.1) is 0 Å². The van der Waals surface area contributed by atoms with E-state index in [1.165, 1.54) is 22.4 Å². The second-order valence-corrected chi connectivity index (χ2v) is 9.41. The van der Waals surface area contributed by atoms with Crippen LogP contribution in [-0.2, 0) is 16.1 Å². The maximum atomic E-state index is 12.5. The van der Waals surface area contributed by atoms with Gasteiger partial charge in [0.2, 0.25) is 0 Å². The van der Waals surface area contributed by atoms with Gasteiger partial charge >= 0.3 is 13.8 Å². The largest absolute Gasteiger partial charge is 0.442 e. The van der Waals surface area contributed by atoms with E-state index < -0.39 is 13.8 Å². The van der Waals surface area contributed by atoms with Crippen molar-refractivity contribution in [3.05, 3.63) is 76.3 Å².